The van der Waals surface area contributed by atoms with Crippen molar-refractivity contribution in [2.45, 2.75) is 43.8 Å². The van der Waals surface area contributed by atoms with E-state index in [0.29, 0.717) is 0 Å². The van der Waals surface area contributed by atoms with E-state index in [4.69, 9.17) is 0 Å². The predicted molar refractivity (Wildman–Crippen MR) is 80.0 cm³/mol. The first-order valence-electron chi connectivity index (χ1n) is 8.25. The molecule has 2 rings (SSSR count). The zero-order chi connectivity index (χ0) is 22.0. The van der Waals surface area contributed by atoms with Gasteiger partial charge in [0.2, 0.25) is 5.88 Å². The molecule has 1 aromatic heterocycles. The summed E-state index contributed by atoms with van der Waals surface area (Å²) in [5, 5.41) is 2.04. The Balaban J connectivity index is 2.16. The molecule has 0 bridgehead atoms. The van der Waals surface area contributed by atoms with Crippen LogP contribution in [0.4, 0.5) is 39.5 Å². The summed E-state index contributed by atoms with van der Waals surface area (Å²) in [5.41, 5.74) is -0.533. The molecular formula is C16H15F9N2O2. The van der Waals surface area contributed by atoms with E-state index in [2.05, 4.69) is 9.72 Å². The van der Waals surface area contributed by atoms with Crippen molar-refractivity contribution in [2.24, 2.45) is 11.8 Å². The molecule has 1 aromatic rings. The molecule has 0 aromatic carbocycles. The minimum Gasteiger partial charge on any atom is -0.467 e. The number of carbonyl (C=O) groups is 1. The first-order chi connectivity index (χ1) is 13.2. The first kappa shape index (κ1) is 23.1. The number of hydrogen-bond donors (Lipinski definition) is 1. The molecule has 1 N–H and O–H groups in total. The summed E-state index contributed by atoms with van der Waals surface area (Å²) in [6.07, 6.45) is -16.2. The van der Waals surface area contributed by atoms with Gasteiger partial charge in [-0.25, -0.2) is 4.98 Å². The van der Waals surface area contributed by atoms with Gasteiger partial charge in [0.25, 0.3) is 5.91 Å². The summed E-state index contributed by atoms with van der Waals surface area (Å²) in [6, 6.07) is 0.678. The SMILES string of the molecule is O=C(NC1C[C@@H](C(F)(F)F)C[C@H](C(F)(F)F)C1)c1cccnc1OCC(F)(F)F. The summed E-state index contributed by atoms with van der Waals surface area (Å²) < 4.78 is 119. The lowest BCUT2D eigenvalue weighted by molar-refractivity contribution is -0.225. The fourth-order valence-electron chi connectivity index (χ4n) is 3.06. The van der Waals surface area contributed by atoms with Gasteiger partial charge >= 0.3 is 18.5 Å². The van der Waals surface area contributed by atoms with Gasteiger partial charge in [-0.1, -0.05) is 0 Å². The van der Waals surface area contributed by atoms with E-state index in [1.165, 1.54) is 0 Å². The van der Waals surface area contributed by atoms with Crippen molar-refractivity contribution in [1.82, 2.24) is 10.3 Å². The Hall–Kier alpha value is -2.21. The number of nitrogens with zero attached hydrogens (tertiary/aromatic N) is 1. The predicted octanol–water partition coefficient (Wildman–Crippen LogP) is 4.66. The van der Waals surface area contributed by atoms with Gasteiger partial charge in [0.1, 0.15) is 5.56 Å². The van der Waals surface area contributed by atoms with E-state index in [-0.39, 0.29) is 0 Å². The molecule has 0 aliphatic heterocycles. The lowest BCUT2D eigenvalue weighted by Crippen LogP contribution is -2.47. The maximum atomic E-state index is 13.0. The van der Waals surface area contributed by atoms with Crippen LogP contribution in [0.1, 0.15) is 29.6 Å². The zero-order valence-corrected chi connectivity index (χ0v) is 14.5. The van der Waals surface area contributed by atoms with E-state index in [9.17, 15) is 44.3 Å². The molecule has 1 aliphatic carbocycles. The van der Waals surface area contributed by atoms with Crippen LogP contribution < -0.4 is 10.1 Å². The standard InChI is InChI=1S/C16H15F9N2O2/c17-14(18,19)7-29-13-11(2-1-3-26-13)12(28)27-10-5-8(15(20,21)22)4-9(6-10)16(23,24)25/h1-3,8-10H,4-7H2,(H,27,28)/t8-,9-/m0/s1. The van der Waals surface area contributed by atoms with Crippen LogP contribution in [0.3, 0.4) is 0 Å². The number of halogens is 9. The van der Waals surface area contributed by atoms with Gasteiger partial charge in [0, 0.05) is 12.2 Å². The van der Waals surface area contributed by atoms with Crippen molar-refractivity contribution in [3.05, 3.63) is 23.9 Å². The van der Waals surface area contributed by atoms with Gasteiger partial charge < -0.3 is 10.1 Å². The van der Waals surface area contributed by atoms with Crippen molar-refractivity contribution in [1.29, 1.82) is 0 Å². The van der Waals surface area contributed by atoms with Gasteiger partial charge in [0.05, 0.1) is 11.8 Å². The van der Waals surface area contributed by atoms with E-state index < -0.39 is 79.6 Å². The van der Waals surface area contributed by atoms with E-state index in [1.54, 1.807) is 0 Å². The molecule has 1 saturated carbocycles. The lowest BCUT2D eigenvalue weighted by Gasteiger charge is -2.37. The van der Waals surface area contributed by atoms with Gasteiger partial charge in [-0.05, 0) is 31.4 Å². The fourth-order valence-corrected chi connectivity index (χ4v) is 3.06. The van der Waals surface area contributed by atoms with Crippen LogP contribution in [0.2, 0.25) is 0 Å². The number of pyridine rings is 1. The molecule has 164 valence electrons. The topological polar surface area (TPSA) is 51.2 Å². The maximum Gasteiger partial charge on any atom is 0.422 e. The Morgan fingerprint density at radius 1 is 1.00 bits per heavy atom. The van der Waals surface area contributed by atoms with Crippen molar-refractivity contribution >= 4 is 5.91 Å². The van der Waals surface area contributed by atoms with Crippen LogP contribution in [0.25, 0.3) is 0 Å². The molecule has 0 unspecified atom stereocenters. The second kappa shape index (κ2) is 8.27. The number of nitrogens with one attached hydrogen (secondary N) is 1. The summed E-state index contributed by atoms with van der Waals surface area (Å²) in [5.74, 6) is -6.46. The summed E-state index contributed by atoms with van der Waals surface area (Å²) in [7, 11) is 0. The van der Waals surface area contributed by atoms with Gasteiger partial charge in [-0.2, -0.15) is 39.5 Å². The normalized spacial score (nSPS) is 23.6. The zero-order valence-electron chi connectivity index (χ0n) is 14.5. The highest BCUT2D eigenvalue weighted by Crippen LogP contribution is 2.45. The average Bonchev–Trinajstić information content (AvgIpc) is 2.57. The molecular weight excluding hydrogens is 423 g/mol. The van der Waals surface area contributed by atoms with Crippen molar-refractivity contribution in [2.75, 3.05) is 6.61 Å². The largest absolute Gasteiger partial charge is 0.467 e. The molecule has 0 saturated heterocycles. The number of alkyl halides is 9. The Kier molecular flexibility index (Phi) is 6.58. The number of aromatic nitrogens is 1. The lowest BCUT2D eigenvalue weighted by atomic mass is 9.77. The number of ether oxygens (including phenoxy) is 1. The Bertz CT molecular complexity index is 694. The number of carbonyl (C=O) groups excluding carboxylic acids is 1. The van der Waals surface area contributed by atoms with Crippen LogP contribution in [-0.4, -0.2) is 42.1 Å². The minimum atomic E-state index is -4.89. The third kappa shape index (κ3) is 6.67. The van der Waals surface area contributed by atoms with Crippen LogP contribution >= 0.6 is 0 Å². The van der Waals surface area contributed by atoms with Crippen LogP contribution in [0.5, 0.6) is 5.88 Å². The second-order valence-electron chi connectivity index (χ2n) is 6.61. The number of hydrogen-bond acceptors (Lipinski definition) is 3. The summed E-state index contributed by atoms with van der Waals surface area (Å²) >= 11 is 0. The molecule has 1 heterocycles. The highest BCUT2D eigenvalue weighted by molar-refractivity contribution is 5.96. The van der Waals surface area contributed by atoms with Crippen LogP contribution in [0, 0.1) is 11.8 Å². The van der Waals surface area contributed by atoms with Gasteiger partial charge in [0.15, 0.2) is 6.61 Å². The molecule has 2 atom stereocenters. The average molecular weight is 438 g/mol. The smallest absolute Gasteiger partial charge is 0.422 e. The summed E-state index contributed by atoms with van der Waals surface area (Å²) in [4.78, 5) is 15.8. The molecule has 1 aliphatic rings. The van der Waals surface area contributed by atoms with E-state index >= 15 is 0 Å². The van der Waals surface area contributed by atoms with Crippen LogP contribution in [-0.2, 0) is 0 Å². The fraction of sp³-hybridized carbons (Fsp3) is 0.625. The van der Waals surface area contributed by atoms with Crippen molar-refractivity contribution in [3.63, 3.8) is 0 Å². The Labute approximate surface area is 158 Å². The van der Waals surface area contributed by atoms with E-state index in [0.717, 1.165) is 18.3 Å². The number of rotatable bonds is 4. The molecule has 29 heavy (non-hydrogen) atoms. The third-order valence-corrected chi connectivity index (χ3v) is 4.36. The maximum absolute atomic E-state index is 13.0. The quantitative estimate of drug-likeness (QED) is 0.696. The number of amides is 1. The van der Waals surface area contributed by atoms with Crippen molar-refractivity contribution in [3.8, 4) is 5.88 Å². The molecule has 0 radical (unpaired) electrons. The van der Waals surface area contributed by atoms with Gasteiger partial charge in [-0.15, -0.1) is 0 Å². The van der Waals surface area contributed by atoms with Gasteiger partial charge in [-0.3, -0.25) is 4.79 Å². The van der Waals surface area contributed by atoms with Crippen molar-refractivity contribution < 1.29 is 49.0 Å². The molecule has 4 nitrogen and oxygen atoms in total. The highest BCUT2D eigenvalue weighted by atomic mass is 19.4. The highest BCUT2D eigenvalue weighted by Gasteiger charge is 2.52. The van der Waals surface area contributed by atoms with E-state index in [1.807, 2.05) is 5.32 Å². The Morgan fingerprint density at radius 3 is 2.03 bits per heavy atom. The molecule has 0 spiro atoms. The first-order valence-corrected chi connectivity index (χ1v) is 8.25. The molecule has 1 amide bonds. The monoisotopic (exact) mass is 438 g/mol. The minimum absolute atomic E-state index is 0.533. The molecule has 13 heteroatoms. The summed E-state index contributed by atoms with van der Waals surface area (Å²) in [6.45, 7) is -1.78. The third-order valence-electron chi connectivity index (χ3n) is 4.36. The second-order valence-corrected chi connectivity index (χ2v) is 6.61. The Morgan fingerprint density at radius 2 is 1.55 bits per heavy atom. The van der Waals surface area contributed by atoms with Crippen LogP contribution in [0.15, 0.2) is 18.3 Å². The molecule has 1 fully saturated rings.